The molecule has 2 nitrogen and oxygen atoms in total. The Labute approximate surface area is 99.7 Å². The number of benzene rings is 1. The summed E-state index contributed by atoms with van der Waals surface area (Å²) in [6, 6.07) is 7.14. The molecule has 0 radical (unpaired) electrons. The van der Waals surface area contributed by atoms with Crippen molar-refractivity contribution in [3.63, 3.8) is 0 Å². The van der Waals surface area contributed by atoms with Gasteiger partial charge in [-0.25, -0.2) is 8.42 Å². The second-order valence-corrected chi connectivity index (χ2v) is 6.53. The van der Waals surface area contributed by atoms with E-state index in [0.717, 1.165) is 11.8 Å². The van der Waals surface area contributed by atoms with Crippen LogP contribution in [-0.2, 0) is 9.84 Å². The molecule has 0 fully saturated rings. The fourth-order valence-electron chi connectivity index (χ4n) is 1.37. The summed E-state index contributed by atoms with van der Waals surface area (Å²) >= 11 is 3.40. The molecule has 0 aliphatic carbocycles. The highest BCUT2D eigenvalue weighted by atomic mass is 79.9. The van der Waals surface area contributed by atoms with E-state index in [2.05, 4.69) is 22.9 Å². The van der Waals surface area contributed by atoms with Crippen molar-refractivity contribution in [3.8, 4) is 0 Å². The van der Waals surface area contributed by atoms with Gasteiger partial charge in [0.25, 0.3) is 0 Å². The van der Waals surface area contributed by atoms with E-state index >= 15 is 0 Å². The van der Waals surface area contributed by atoms with Crippen molar-refractivity contribution in [2.24, 2.45) is 0 Å². The molecule has 4 heteroatoms. The Kier molecular flexibility index (Phi) is 4.34. The van der Waals surface area contributed by atoms with E-state index < -0.39 is 9.84 Å². The van der Waals surface area contributed by atoms with Gasteiger partial charge in [-0.2, -0.15) is 0 Å². The van der Waals surface area contributed by atoms with Gasteiger partial charge in [0, 0.05) is 11.6 Å². The van der Waals surface area contributed by atoms with Crippen molar-refractivity contribution in [3.05, 3.63) is 29.8 Å². The molecule has 0 aromatic heterocycles. The Morgan fingerprint density at radius 3 is 2.20 bits per heavy atom. The van der Waals surface area contributed by atoms with Gasteiger partial charge in [0.05, 0.1) is 4.90 Å². The predicted molar refractivity (Wildman–Crippen MR) is 66.4 cm³/mol. The van der Waals surface area contributed by atoms with E-state index in [1.165, 1.54) is 11.8 Å². The number of rotatable bonds is 4. The van der Waals surface area contributed by atoms with Crippen LogP contribution in [0.5, 0.6) is 0 Å². The predicted octanol–water partition coefficient (Wildman–Crippen LogP) is 2.98. The van der Waals surface area contributed by atoms with E-state index in [1.54, 1.807) is 12.1 Å². The molecule has 1 unspecified atom stereocenters. The molecule has 0 saturated heterocycles. The lowest BCUT2D eigenvalue weighted by molar-refractivity contribution is 0.601. The highest BCUT2D eigenvalue weighted by Gasteiger charge is 2.08. The summed E-state index contributed by atoms with van der Waals surface area (Å²) in [4.78, 5) is 0.386. The number of sulfone groups is 1. The summed E-state index contributed by atoms with van der Waals surface area (Å²) in [6.07, 6.45) is 2.28. The van der Waals surface area contributed by atoms with E-state index in [0.29, 0.717) is 10.8 Å². The third-order valence-electron chi connectivity index (χ3n) is 2.42. The Bertz CT molecular complexity index is 409. The molecule has 84 valence electrons. The molecule has 0 N–H and O–H groups in total. The summed E-state index contributed by atoms with van der Waals surface area (Å²) in [6.45, 7) is 2.14. The smallest absolute Gasteiger partial charge is 0.175 e. The van der Waals surface area contributed by atoms with Crippen LogP contribution in [0.4, 0.5) is 0 Å². The van der Waals surface area contributed by atoms with E-state index in [9.17, 15) is 8.42 Å². The van der Waals surface area contributed by atoms with Crippen LogP contribution in [-0.4, -0.2) is 20.0 Å². The molecule has 1 rings (SSSR count). The summed E-state index contributed by atoms with van der Waals surface area (Å²) in [7, 11) is -3.07. The molecule has 0 bridgehead atoms. The minimum absolute atomic E-state index is 0.386. The van der Waals surface area contributed by atoms with Gasteiger partial charge in [-0.15, -0.1) is 0 Å². The van der Waals surface area contributed by atoms with E-state index in [-0.39, 0.29) is 0 Å². The van der Waals surface area contributed by atoms with Gasteiger partial charge in [0.1, 0.15) is 0 Å². The van der Waals surface area contributed by atoms with Crippen LogP contribution in [0.1, 0.15) is 24.8 Å². The van der Waals surface area contributed by atoms with E-state index in [4.69, 9.17) is 0 Å². The average molecular weight is 291 g/mol. The Morgan fingerprint density at radius 2 is 1.80 bits per heavy atom. The first-order chi connectivity index (χ1) is 6.95. The Morgan fingerprint density at radius 1 is 1.27 bits per heavy atom. The van der Waals surface area contributed by atoms with Gasteiger partial charge in [0.2, 0.25) is 0 Å². The van der Waals surface area contributed by atoms with Gasteiger partial charge in [-0.05, 0) is 30.0 Å². The maximum Gasteiger partial charge on any atom is 0.175 e. The third kappa shape index (κ3) is 3.61. The normalized spacial score (nSPS) is 13.8. The maximum atomic E-state index is 11.2. The molecule has 0 amide bonds. The largest absolute Gasteiger partial charge is 0.224 e. The zero-order chi connectivity index (χ0) is 11.5. The highest BCUT2D eigenvalue weighted by Crippen LogP contribution is 2.21. The van der Waals surface area contributed by atoms with Gasteiger partial charge in [0.15, 0.2) is 9.84 Å². The lowest BCUT2D eigenvalue weighted by atomic mass is 9.99. The summed E-state index contributed by atoms with van der Waals surface area (Å²) < 4.78 is 22.5. The number of hydrogen-bond donors (Lipinski definition) is 0. The monoisotopic (exact) mass is 290 g/mol. The van der Waals surface area contributed by atoms with Crippen molar-refractivity contribution < 1.29 is 8.42 Å². The number of alkyl halides is 1. The maximum absolute atomic E-state index is 11.2. The first-order valence-electron chi connectivity index (χ1n) is 4.81. The molecule has 0 aliphatic heterocycles. The van der Waals surface area contributed by atoms with Crippen molar-refractivity contribution in [2.75, 3.05) is 11.6 Å². The highest BCUT2D eigenvalue weighted by molar-refractivity contribution is 9.09. The van der Waals surface area contributed by atoms with Crippen LogP contribution in [0.25, 0.3) is 0 Å². The van der Waals surface area contributed by atoms with Gasteiger partial charge < -0.3 is 0 Å². The molecular weight excluding hydrogens is 276 g/mol. The van der Waals surface area contributed by atoms with E-state index in [1.807, 2.05) is 12.1 Å². The summed E-state index contributed by atoms with van der Waals surface area (Å²) in [5, 5.41) is 0.960. The molecule has 1 aromatic carbocycles. The molecule has 15 heavy (non-hydrogen) atoms. The lowest BCUT2D eigenvalue weighted by Crippen LogP contribution is -1.99. The molecule has 1 aromatic rings. The summed E-state index contributed by atoms with van der Waals surface area (Å²) in [5.74, 6) is 0.456. The first kappa shape index (κ1) is 12.7. The van der Waals surface area contributed by atoms with Gasteiger partial charge in [-0.1, -0.05) is 35.0 Å². The molecule has 0 spiro atoms. The van der Waals surface area contributed by atoms with Crippen LogP contribution < -0.4 is 0 Å². The van der Waals surface area contributed by atoms with Crippen molar-refractivity contribution in [1.29, 1.82) is 0 Å². The van der Waals surface area contributed by atoms with Crippen LogP contribution in [0.3, 0.4) is 0 Å². The quantitative estimate of drug-likeness (QED) is 0.799. The molecule has 0 aliphatic rings. The van der Waals surface area contributed by atoms with Crippen LogP contribution in [0.2, 0.25) is 0 Å². The fourth-order valence-corrected chi connectivity index (χ4v) is 2.69. The van der Waals surface area contributed by atoms with Crippen LogP contribution in [0.15, 0.2) is 29.2 Å². The summed E-state index contributed by atoms with van der Waals surface area (Å²) in [5.41, 5.74) is 1.18. The molecular formula is C11H15BrO2S. The average Bonchev–Trinajstić information content (AvgIpc) is 2.17. The minimum atomic E-state index is -3.07. The van der Waals surface area contributed by atoms with Crippen molar-refractivity contribution in [1.82, 2.24) is 0 Å². The molecule has 0 saturated carbocycles. The van der Waals surface area contributed by atoms with Crippen LogP contribution in [0, 0.1) is 0 Å². The lowest BCUT2D eigenvalue weighted by Gasteiger charge is -2.10. The SMILES string of the molecule is CC(CCBr)c1ccc(S(C)(=O)=O)cc1. The van der Waals surface area contributed by atoms with Gasteiger partial charge >= 0.3 is 0 Å². The second kappa shape index (κ2) is 5.12. The Hall–Kier alpha value is -0.350. The zero-order valence-corrected chi connectivity index (χ0v) is 11.3. The number of halogens is 1. The Balaban J connectivity index is 2.90. The number of hydrogen-bond acceptors (Lipinski definition) is 2. The van der Waals surface area contributed by atoms with Crippen LogP contribution >= 0.6 is 15.9 Å². The molecule has 1 atom stereocenters. The fraction of sp³-hybridized carbons (Fsp3) is 0.455. The minimum Gasteiger partial charge on any atom is -0.224 e. The zero-order valence-electron chi connectivity index (χ0n) is 8.90. The second-order valence-electron chi connectivity index (χ2n) is 3.72. The first-order valence-corrected chi connectivity index (χ1v) is 7.82. The third-order valence-corrected chi connectivity index (χ3v) is 4.01. The van der Waals surface area contributed by atoms with Crippen molar-refractivity contribution >= 4 is 25.8 Å². The standard InChI is InChI=1S/C11H15BrO2S/c1-9(7-8-12)10-3-5-11(6-4-10)15(2,13)14/h3-6,9H,7-8H2,1-2H3. The van der Waals surface area contributed by atoms with Crippen molar-refractivity contribution in [2.45, 2.75) is 24.2 Å². The topological polar surface area (TPSA) is 34.1 Å². The van der Waals surface area contributed by atoms with Gasteiger partial charge in [-0.3, -0.25) is 0 Å². The molecule has 0 heterocycles.